The summed E-state index contributed by atoms with van der Waals surface area (Å²) in [4.78, 5) is 15.0. The van der Waals surface area contributed by atoms with Crippen LogP contribution in [0.1, 0.15) is 19.3 Å². The molecule has 0 saturated carbocycles. The fraction of sp³-hybridized carbons (Fsp3) is 0.857. The molecule has 0 spiro atoms. The monoisotopic (exact) mass is 144 g/mol. The van der Waals surface area contributed by atoms with Crippen molar-refractivity contribution in [1.29, 1.82) is 0 Å². The Hall–Kier alpha value is -0.570. The van der Waals surface area contributed by atoms with Gasteiger partial charge in [0.2, 0.25) is 0 Å². The molecule has 1 aliphatic heterocycles. The van der Waals surface area contributed by atoms with Gasteiger partial charge in [-0.3, -0.25) is 4.84 Å². The lowest BCUT2D eigenvalue weighted by molar-refractivity contribution is -1.08. The second kappa shape index (κ2) is 3.01. The van der Waals surface area contributed by atoms with Gasteiger partial charge in [-0.05, 0) is 6.42 Å². The molecule has 0 atom stereocenters. The Morgan fingerprint density at radius 1 is 1.30 bits per heavy atom. The van der Waals surface area contributed by atoms with E-state index in [1.165, 1.54) is 19.3 Å². The van der Waals surface area contributed by atoms with Crippen LogP contribution in [0.5, 0.6) is 0 Å². The quantitative estimate of drug-likeness (QED) is 0.421. The summed E-state index contributed by atoms with van der Waals surface area (Å²) in [5.74, 6) is 0. The predicted octanol–water partition coefficient (Wildman–Crippen LogP) is 0.705. The van der Waals surface area contributed by atoms with Gasteiger partial charge in [0, 0.05) is 12.8 Å². The molecule has 0 aromatic heterocycles. The number of carbonyl (C=O) groups is 1. The van der Waals surface area contributed by atoms with E-state index in [0.717, 1.165) is 13.1 Å². The minimum atomic E-state index is 0.476. The molecule has 10 heavy (non-hydrogen) atoms. The Balaban J connectivity index is 2.39. The van der Waals surface area contributed by atoms with Crippen molar-refractivity contribution >= 4 is 6.47 Å². The first kappa shape index (κ1) is 7.54. The number of hydroxylamine groups is 3. The average Bonchev–Trinajstić information content (AvgIpc) is 1.89. The lowest BCUT2D eigenvalue weighted by atomic mass is 10.1. The molecule has 0 aliphatic carbocycles. The van der Waals surface area contributed by atoms with Gasteiger partial charge >= 0.3 is 6.47 Å². The molecule has 0 radical (unpaired) electrons. The predicted molar refractivity (Wildman–Crippen MR) is 36.9 cm³/mol. The topological polar surface area (TPSA) is 26.3 Å². The van der Waals surface area contributed by atoms with E-state index in [1.54, 1.807) is 0 Å². The van der Waals surface area contributed by atoms with Gasteiger partial charge < -0.3 is 0 Å². The normalized spacial score (nSPS) is 23.7. The maximum absolute atomic E-state index is 10.0. The van der Waals surface area contributed by atoms with E-state index in [2.05, 4.69) is 0 Å². The van der Waals surface area contributed by atoms with Gasteiger partial charge in [-0.1, -0.05) is 0 Å². The third kappa shape index (κ3) is 1.70. The van der Waals surface area contributed by atoms with Crippen LogP contribution in [0.4, 0.5) is 0 Å². The average molecular weight is 144 g/mol. The van der Waals surface area contributed by atoms with Crippen LogP contribution >= 0.6 is 0 Å². The maximum Gasteiger partial charge on any atom is 0.355 e. The first-order valence-corrected chi connectivity index (χ1v) is 3.73. The lowest BCUT2D eigenvalue weighted by Gasteiger charge is -2.31. The van der Waals surface area contributed by atoms with Crippen LogP contribution in [0.15, 0.2) is 0 Å². The van der Waals surface area contributed by atoms with E-state index in [-0.39, 0.29) is 0 Å². The van der Waals surface area contributed by atoms with Gasteiger partial charge in [0.05, 0.1) is 0 Å². The lowest BCUT2D eigenvalue weighted by Crippen LogP contribution is -2.47. The van der Waals surface area contributed by atoms with Gasteiger partial charge in [0.25, 0.3) is 0 Å². The highest BCUT2D eigenvalue weighted by Gasteiger charge is 2.26. The Morgan fingerprint density at radius 2 is 1.90 bits per heavy atom. The maximum atomic E-state index is 10.0. The zero-order chi connectivity index (χ0) is 7.45. The molecule has 3 nitrogen and oxygen atoms in total. The van der Waals surface area contributed by atoms with Crippen molar-refractivity contribution in [2.45, 2.75) is 19.3 Å². The summed E-state index contributed by atoms with van der Waals surface area (Å²) in [6.45, 7) is 2.49. The van der Waals surface area contributed by atoms with Gasteiger partial charge in [-0.2, -0.15) is 0 Å². The molecule has 1 rings (SSSR count). The fourth-order valence-electron chi connectivity index (χ4n) is 1.39. The van der Waals surface area contributed by atoms with Crippen LogP contribution < -0.4 is 0 Å². The molecule has 1 heterocycles. The minimum absolute atomic E-state index is 0.476. The molecular formula is C7H14NO2+. The third-order valence-corrected chi connectivity index (χ3v) is 2.06. The largest absolute Gasteiger partial charge is 0.355 e. The summed E-state index contributed by atoms with van der Waals surface area (Å²) >= 11 is 0. The van der Waals surface area contributed by atoms with Crippen LogP contribution in [0.2, 0.25) is 0 Å². The van der Waals surface area contributed by atoms with Crippen molar-refractivity contribution in [1.82, 2.24) is 0 Å². The fourth-order valence-corrected chi connectivity index (χ4v) is 1.39. The number of piperidine rings is 1. The zero-order valence-corrected chi connectivity index (χ0v) is 6.38. The number of rotatable bonds is 2. The van der Waals surface area contributed by atoms with E-state index >= 15 is 0 Å². The molecule has 3 heteroatoms. The zero-order valence-electron chi connectivity index (χ0n) is 6.38. The van der Waals surface area contributed by atoms with Crippen molar-refractivity contribution in [3.63, 3.8) is 0 Å². The first-order valence-electron chi connectivity index (χ1n) is 3.73. The molecule has 0 amide bonds. The summed E-state index contributed by atoms with van der Waals surface area (Å²) in [6.07, 6.45) is 3.62. The highest BCUT2D eigenvalue weighted by molar-refractivity contribution is 5.35. The van der Waals surface area contributed by atoms with E-state index in [9.17, 15) is 4.79 Å². The molecule has 58 valence electrons. The second-order valence-electron chi connectivity index (χ2n) is 3.01. The number of hydrogen-bond donors (Lipinski definition) is 0. The molecule has 1 saturated heterocycles. The summed E-state index contributed by atoms with van der Waals surface area (Å²) < 4.78 is 0.476. The van der Waals surface area contributed by atoms with Crippen molar-refractivity contribution < 1.29 is 14.3 Å². The highest BCUT2D eigenvalue weighted by Crippen LogP contribution is 2.15. The molecule has 0 unspecified atom stereocenters. The van der Waals surface area contributed by atoms with Crippen LogP contribution in [-0.2, 0) is 9.63 Å². The minimum Gasteiger partial charge on any atom is -0.280 e. The Bertz CT molecular complexity index is 119. The smallest absolute Gasteiger partial charge is 0.280 e. The summed E-state index contributed by atoms with van der Waals surface area (Å²) in [5, 5.41) is 0. The molecular weight excluding hydrogens is 130 g/mol. The number of nitrogens with zero attached hydrogens (tertiary/aromatic N) is 1. The van der Waals surface area contributed by atoms with Crippen LogP contribution in [0, 0.1) is 0 Å². The number of hydrogen-bond acceptors (Lipinski definition) is 2. The van der Waals surface area contributed by atoms with E-state index in [1.807, 2.05) is 7.05 Å². The van der Waals surface area contributed by atoms with Gasteiger partial charge in [0.1, 0.15) is 20.1 Å². The molecule has 0 bridgehead atoms. The van der Waals surface area contributed by atoms with E-state index in [4.69, 9.17) is 4.84 Å². The van der Waals surface area contributed by atoms with Crippen molar-refractivity contribution in [3.05, 3.63) is 0 Å². The third-order valence-electron chi connectivity index (χ3n) is 2.06. The molecule has 0 N–H and O–H groups in total. The number of quaternary nitrogens is 1. The molecule has 1 aliphatic rings. The van der Waals surface area contributed by atoms with Crippen LogP contribution in [-0.4, -0.2) is 31.3 Å². The Labute approximate surface area is 61.1 Å². The van der Waals surface area contributed by atoms with Gasteiger partial charge in [-0.15, -0.1) is 4.65 Å². The van der Waals surface area contributed by atoms with Crippen molar-refractivity contribution in [2.24, 2.45) is 0 Å². The number of carbonyl (C=O) groups excluding carboxylic acids is 1. The van der Waals surface area contributed by atoms with Gasteiger partial charge in [-0.25, -0.2) is 4.79 Å². The van der Waals surface area contributed by atoms with Crippen LogP contribution in [0.25, 0.3) is 0 Å². The molecule has 0 aromatic rings. The Kier molecular flexibility index (Phi) is 2.27. The van der Waals surface area contributed by atoms with Crippen molar-refractivity contribution in [2.75, 3.05) is 20.1 Å². The highest BCUT2D eigenvalue weighted by atomic mass is 16.7. The second-order valence-corrected chi connectivity index (χ2v) is 3.01. The van der Waals surface area contributed by atoms with E-state index in [0.29, 0.717) is 11.1 Å². The van der Waals surface area contributed by atoms with Crippen LogP contribution in [0.3, 0.4) is 0 Å². The summed E-state index contributed by atoms with van der Waals surface area (Å²) in [5.41, 5.74) is 0. The summed E-state index contributed by atoms with van der Waals surface area (Å²) in [6, 6.07) is 0. The van der Waals surface area contributed by atoms with Crippen molar-refractivity contribution in [3.8, 4) is 0 Å². The standard InChI is InChI=1S/C7H14NO2/c1-8(10-7-9)5-3-2-4-6-8/h7H,2-6H2,1H3/q+1. The van der Waals surface area contributed by atoms with Gasteiger partial charge in [0.15, 0.2) is 0 Å². The Morgan fingerprint density at radius 3 is 2.40 bits per heavy atom. The van der Waals surface area contributed by atoms with E-state index < -0.39 is 0 Å². The molecule has 1 fully saturated rings. The SMILES string of the molecule is C[N+]1(OC=O)CCCCC1. The molecule has 0 aromatic carbocycles. The summed E-state index contributed by atoms with van der Waals surface area (Å²) in [7, 11) is 1.95. The first-order chi connectivity index (χ1) is 4.77. The number of likely N-dealkylation sites (tertiary alicyclic amines) is 1.